The Kier molecular flexibility index (Phi) is 7.27. The summed E-state index contributed by atoms with van der Waals surface area (Å²) in [6.07, 6.45) is -0.626. The van der Waals surface area contributed by atoms with Crippen LogP contribution in [0.15, 0.2) is 72.8 Å². The van der Waals surface area contributed by atoms with Crippen molar-refractivity contribution in [1.29, 1.82) is 0 Å². The van der Waals surface area contributed by atoms with Gasteiger partial charge in [0.2, 0.25) is 0 Å². The number of benzene rings is 3. The summed E-state index contributed by atoms with van der Waals surface area (Å²) in [6.45, 7) is 4.38. The summed E-state index contributed by atoms with van der Waals surface area (Å²) < 4.78 is 5.23. The number of ether oxygens (including phenoxy) is 1. The molecule has 0 spiro atoms. The molecular weight excluding hydrogens is 438 g/mol. The average Bonchev–Trinajstić information content (AvgIpc) is 3.24. The molecule has 1 aliphatic heterocycles. The van der Waals surface area contributed by atoms with Crippen molar-refractivity contribution >= 4 is 35.0 Å². The molecule has 3 aromatic carbocycles. The molecule has 1 fully saturated rings. The zero-order valence-electron chi connectivity index (χ0n) is 18.3. The first-order valence-corrected chi connectivity index (χ1v) is 11.3. The summed E-state index contributed by atoms with van der Waals surface area (Å²) in [6, 6.07) is 22.0. The molecule has 0 aliphatic carbocycles. The van der Waals surface area contributed by atoms with E-state index in [1.165, 1.54) is 5.56 Å². The largest absolute Gasteiger partial charge is 0.444 e. The SMILES string of the molecule is C[C@H]1CNC[C@@H]1c1ccc(NC(=O)c2cc(Cl)cc(NC(=O)OCc3ccccc3)c2)cc1. The fraction of sp³-hybridized carbons (Fsp3) is 0.231. The first-order valence-electron chi connectivity index (χ1n) is 10.9. The van der Waals surface area contributed by atoms with Crippen molar-refractivity contribution in [2.24, 2.45) is 5.92 Å². The van der Waals surface area contributed by atoms with Crippen molar-refractivity contribution < 1.29 is 14.3 Å². The quantitative estimate of drug-likeness (QED) is 0.440. The number of anilines is 2. The molecule has 2 atom stereocenters. The molecule has 7 heteroatoms. The molecule has 1 saturated heterocycles. The molecule has 0 bridgehead atoms. The molecule has 1 aliphatic rings. The zero-order valence-corrected chi connectivity index (χ0v) is 19.1. The van der Waals surface area contributed by atoms with E-state index < -0.39 is 6.09 Å². The van der Waals surface area contributed by atoms with Gasteiger partial charge in [0.15, 0.2) is 0 Å². The Morgan fingerprint density at radius 2 is 1.73 bits per heavy atom. The van der Waals surface area contributed by atoms with Gasteiger partial charge in [-0.25, -0.2) is 4.79 Å². The lowest BCUT2D eigenvalue weighted by Crippen LogP contribution is -2.16. The summed E-state index contributed by atoms with van der Waals surface area (Å²) in [5, 5.41) is 9.25. The van der Waals surface area contributed by atoms with Crippen LogP contribution < -0.4 is 16.0 Å². The van der Waals surface area contributed by atoms with Crippen LogP contribution in [0.1, 0.15) is 34.3 Å². The van der Waals surface area contributed by atoms with Gasteiger partial charge < -0.3 is 15.4 Å². The van der Waals surface area contributed by atoms with Gasteiger partial charge in [-0.05, 0) is 53.9 Å². The molecule has 2 amide bonds. The average molecular weight is 464 g/mol. The Labute approximate surface area is 198 Å². The molecule has 0 aromatic heterocycles. The first-order chi connectivity index (χ1) is 16.0. The van der Waals surface area contributed by atoms with Crippen LogP contribution >= 0.6 is 11.6 Å². The van der Waals surface area contributed by atoms with Gasteiger partial charge >= 0.3 is 6.09 Å². The maximum Gasteiger partial charge on any atom is 0.411 e. The van der Waals surface area contributed by atoms with Crippen LogP contribution in [0.2, 0.25) is 5.02 Å². The number of hydrogen-bond acceptors (Lipinski definition) is 4. The summed E-state index contributed by atoms with van der Waals surface area (Å²) in [4.78, 5) is 24.9. The second kappa shape index (κ2) is 10.5. The molecule has 33 heavy (non-hydrogen) atoms. The van der Waals surface area contributed by atoms with Gasteiger partial charge in [-0.15, -0.1) is 0 Å². The third-order valence-corrected chi connectivity index (χ3v) is 5.95. The molecule has 3 N–H and O–H groups in total. The van der Waals surface area contributed by atoms with Crippen LogP contribution in [0, 0.1) is 5.92 Å². The monoisotopic (exact) mass is 463 g/mol. The Hall–Kier alpha value is -3.35. The van der Waals surface area contributed by atoms with Crippen molar-refractivity contribution in [2.45, 2.75) is 19.4 Å². The Morgan fingerprint density at radius 1 is 0.970 bits per heavy atom. The van der Waals surface area contributed by atoms with E-state index in [1.807, 2.05) is 42.5 Å². The molecule has 6 nitrogen and oxygen atoms in total. The van der Waals surface area contributed by atoms with Crippen LogP contribution in [0.5, 0.6) is 0 Å². The van der Waals surface area contributed by atoms with Crippen LogP contribution in [0.4, 0.5) is 16.2 Å². The highest BCUT2D eigenvalue weighted by Crippen LogP contribution is 2.28. The van der Waals surface area contributed by atoms with Crippen LogP contribution in [-0.2, 0) is 11.3 Å². The minimum atomic E-state index is -0.626. The van der Waals surface area contributed by atoms with Gasteiger partial charge in [0.1, 0.15) is 6.61 Å². The van der Waals surface area contributed by atoms with Gasteiger partial charge in [-0.1, -0.05) is 61.0 Å². The third kappa shape index (κ3) is 6.12. The van der Waals surface area contributed by atoms with E-state index >= 15 is 0 Å². The normalized spacial score (nSPS) is 17.4. The molecule has 0 radical (unpaired) electrons. The summed E-state index contributed by atoms with van der Waals surface area (Å²) >= 11 is 6.18. The van der Waals surface area contributed by atoms with E-state index in [9.17, 15) is 9.59 Å². The topological polar surface area (TPSA) is 79.5 Å². The van der Waals surface area contributed by atoms with Crippen LogP contribution in [-0.4, -0.2) is 25.1 Å². The van der Waals surface area contributed by atoms with E-state index in [0.29, 0.717) is 33.8 Å². The van der Waals surface area contributed by atoms with Gasteiger partial charge in [0, 0.05) is 34.4 Å². The molecule has 3 aromatic rings. The predicted molar refractivity (Wildman–Crippen MR) is 131 cm³/mol. The maximum atomic E-state index is 12.8. The number of rotatable bonds is 6. The molecular formula is C26H26ClN3O3. The lowest BCUT2D eigenvalue weighted by atomic mass is 9.90. The van der Waals surface area contributed by atoms with Crippen molar-refractivity contribution in [3.05, 3.63) is 94.5 Å². The Bertz CT molecular complexity index is 1120. The van der Waals surface area contributed by atoms with Gasteiger partial charge in [-0.2, -0.15) is 0 Å². The Balaban J connectivity index is 1.37. The Morgan fingerprint density at radius 3 is 2.42 bits per heavy atom. The smallest absolute Gasteiger partial charge is 0.411 e. The summed E-state index contributed by atoms with van der Waals surface area (Å²) in [5.41, 5.74) is 3.54. The molecule has 1 heterocycles. The van der Waals surface area contributed by atoms with E-state index in [1.54, 1.807) is 18.2 Å². The summed E-state index contributed by atoms with van der Waals surface area (Å²) in [7, 11) is 0. The molecule has 0 saturated carbocycles. The molecule has 4 rings (SSSR count). The highest BCUT2D eigenvalue weighted by molar-refractivity contribution is 6.31. The van der Waals surface area contributed by atoms with Crippen LogP contribution in [0.25, 0.3) is 0 Å². The zero-order chi connectivity index (χ0) is 23.2. The first kappa shape index (κ1) is 22.8. The minimum Gasteiger partial charge on any atom is -0.444 e. The number of amides is 2. The van der Waals surface area contributed by atoms with Gasteiger partial charge in [0.25, 0.3) is 5.91 Å². The maximum absolute atomic E-state index is 12.8. The van der Waals surface area contributed by atoms with Crippen molar-refractivity contribution in [3.63, 3.8) is 0 Å². The predicted octanol–water partition coefficient (Wildman–Crippen LogP) is 5.66. The lowest BCUT2D eigenvalue weighted by molar-refractivity contribution is 0.102. The van der Waals surface area contributed by atoms with E-state index in [2.05, 4.69) is 35.0 Å². The second-order valence-corrected chi connectivity index (χ2v) is 8.67. The van der Waals surface area contributed by atoms with Gasteiger partial charge in [-0.3, -0.25) is 10.1 Å². The highest BCUT2D eigenvalue weighted by Gasteiger charge is 2.24. The number of halogens is 1. The number of carbonyl (C=O) groups excluding carboxylic acids is 2. The highest BCUT2D eigenvalue weighted by atomic mass is 35.5. The van der Waals surface area contributed by atoms with Crippen molar-refractivity contribution in [2.75, 3.05) is 23.7 Å². The van der Waals surface area contributed by atoms with Crippen LogP contribution in [0.3, 0.4) is 0 Å². The number of hydrogen-bond donors (Lipinski definition) is 3. The van der Waals surface area contributed by atoms with Crippen molar-refractivity contribution in [1.82, 2.24) is 5.32 Å². The fourth-order valence-electron chi connectivity index (χ4n) is 3.94. The fourth-order valence-corrected chi connectivity index (χ4v) is 4.18. The molecule has 0 unspecified atom stereocenters. The lowest BCUT2D eigenvalue weighted by Gasteiger charge is -2.15. The summed E-state index contributed by atoms with van der Waals surface area (Å²) in [5.74, 6) is 0.752. The van der Waals surface area contributed by atoms with E-state index in [-0.39, 0.29) is 12.5 Å². The van der Waals surface area contributed by atoms with Gasteiger partial charge in [0.05, 0.1) is 0 Å². The standard InChI is InChI=1S/C26H26ClN3O3/c1-17-14-28-15-24(17)19-7-9-22(10-8-19)29-25(31)20-11-21(27)13-23(12-20)30-26(32)33-16-18-5-3-2-4-6-18/h2-13,17,24,28H,14-16H2,1H3,(H,29,31)(H,30,32)/t17-,24-/m0/s1. The van der Waals surface area contributed by atoms with E-state index in [4.69, 9.17) is 16.3 Å². The third-order valence-electron chi connectivity index (χ3n) is 5.73. The van der Waals surface area contributed by atoms with Crippen molar-refractivity contribution in [3.8, 4) is 0 Å². The number of carbonyl (C=O) groups is 2. The second-order valence-electron chi connectivity index (χ2n) is 8.23. The number of nitrogens with one attached hydrogen (secondary N) is 3. The molecule has 170 valence electrons. The van der Waals surface area contributed by atoms with E-state index in [0.717, 1.165) is 18.7 Å². The minimum absolute atomic E-state index is 0.145.